The standard InChI is InChI=1S/C17H16O/c1-3-16(2)17(18-16,14-10-6-4-7-11-14)15-12-8-5-9-13-15/h3-13H,1H2,2H3. The van der Waals surface area contributed by atoms with E-state index in [-0.39, 0.29) is 11.2 Å². The summed E-state index contributed by atoms with van der Waals surface area (Å²) in [6, 6.07) is 20.7. The van der Waals surface area contributed by atoms with Crippen LogP contribution in [0.25, 0.3) is 0 Å². The summed E-state index contributed by atoms with van der Waals surface area (Å²) in [7, 11) is 0. The summed E-state index contributed by atoms with van der Waals surface area (Å²) in [6.07, 6.45) is 1.90. The summed E-state index contributed by atoms with van der Waals surface area (Å²) in [6.45, 7) is 6.00. The van der Waals surface area contributed by atoms with Crippen molar-refractivity contribution in [2.75, 3.05) is 0 Å². The Morgan fingerprint density at radius 3 is 1.67 bits per heavy atom. The van der Waals surface area contributed by atoms with Crippen LogP contribution in [0.15, 0.2) is 73.3 Å². The molecule has 2 aromatic carbocycles. The normalized spacial score (nSPS) is 24.5. The van der Waals surface area contributed by atoms with Crippen LogP contribution < -0.4 is 0 Å². The Labute approximate surface area is 108 Å². The predicted octanol–water partition coefficient (Wildman–Crippen LogP) is 3.91. The summed E-state index contributed by atoms with van der Waals surface area (Å²) in [5.41, 5.74) is 1.66. The molecule has 0 saturated carbocycles. The Balaban J connectivity index is 2.17. The molecule has 0 amide bonds. The lowest BCUT2D eigenvalue weighted by molar-refractivity contribution is 0.310. The summed E-state index contributed by atoms with van der Waals surface area (Å²) in [4.78, 5) is 0. The summed E-state index contributed by atoms with van der Waals surface area (Å²) in [5, 5.41) is 0. The number of ether oxygens (including phenoxy) is 1. The number of hydrogen-bond acceptors (Lipinski definition) is 1. The summed E-state index contributed by atoms with van der Waals surface area (Å²) < 4.78 is 6.10. The molecule has 1 heterocycles. The Hall–Kier alpha value is -1.86. The van der Waals surface area contributed by atoms with Gasteiger partial charge in [-0.3, -0.25) is 0 Å². The van der Waals surface area contributed by atoms with Crippen LogP contribution in [-0.4, -0.2) is 5.60 Å². The first-order valence-electron chi connectivity index (χ1n) is 6.18. The first-order valence-corrected chi connectivity index (χ1v) is 6.18. The van der Waals surface area contributed by atoms with Crippen LogP contribution in [0, 0.1) is 0 Å². The van der Waals surface area contributed by atoms with Gasteiger partial charge < -0.3 is 4.74 Å². The fourth-order valence-corrected chi connectivity index (χ4v) is 2.68. The molecule has 1 unspecified atom stereocenters. The quantitative estimate of drug-likeness (QED) is 0.581. The minimum atomic E-state index is -0.378. The molecule has 90 valence electrons. The maximum absolute atomic E-state index is 6.10. The van der Waals surface area contributed by atoms with Crippen molar-refractivity contribution in [1.29, 1.82) is 0 Å². The van der Waals surface area contributed by atoms with Crippen molar-refractivity contribution in [3.05, 3.63) is 84.4 Å². The largest absolute Gasteiger partial charge is 0.348 e. The van der Waals surface area contributed by atoms with Gasteiger partial charge in [-0.1, -0.05) is 66.7 Å². The second-order valence-electron chi connectivity index (χ2n) is 4.83. The minimum absolute atomic E-state index is 0.324. The number of epoxide rings is 1. The highest BCUT2D eigenvalue weighted by Gasteiger charge is 2.67. The monoisotopic (exact) mass is 236 g/mol. The van der Waals surface area contributed by atoms with E-state index in [1.165, 1.54) is 11.1 Å². The maximum atomic E-state index is 6.10. The van der Waals surface area contributed by atoms with E-state index in [1.807, 2.05) is 42.5 Å². The van der Waals surface area contributed by atoms with E-state index >= 15 is 0 Å². The Kier molecular flexibility index (Phi) is 2.39. The van der Waals surface area contributed by atoms with Gasteiger partial charge in [-0.15, -0.1) is 6.58 Å². The molecular formula is C17H16O. The summed E-state index contributed by atoms with van der Waals surface area (Å²) in [5.74, 6) is 0. The molecule has 1 heteroatoms. The van der Waals surface area contributed by atoms with E-state index in [4.69, 9.17) is 4.74 Å². The summed E-state index contributed by atoms with van der Waals surface area (Å²) >= 11 is 0. The van der Waals surface area contributed by atoms with Gasteiger partial charge in [-0.25, -0.2) is 0 Å². The lowest BCUT2D eigenvalue weighted by Gasteiger charge is -2.16. The van der Waals surface area contributed by atoms with Gasteiger partial charge in [0.25, 0.3) is 0 Å². The molecule has 1 nitrogen and oxygen atoms in total. The van der Waals surface area contributed by atoms with Crippen molar-refractivity contribution < 1.29 is 4.74 Å². The van der Waals surface area contributed by atoms with E-state index < -0.39 is 0 Å². The van der Waals surface area contributed by atoms with Crippen molar-refractivity contribution in [2.24, 2.45) is 0 Å². The van der Waals surface area contributed by atoms with Crippen LogP contribution in [0.1, 0.15) is 18.1 Å². The number of hydrogen-bond donors (Lipinski definition) is 0. The van der Waals surface area contributed by atoms with Crippen LogP contribution >= 0.6 is 0 Å². The zero-order chi connectivity index (χ0) is 12.6. The zero-order valence-corrected chi connectivity index (χ0v) is 10.5. The van der Waals surface area contributed by atoms with Gasteiger partial charge in [0.15, 0.2) is 5.60 Å². The van der Waals surface area contributed by atoms with E-state index in [9.17, 15) is 0 Å². The molecule has 0 bridgehead atoms. The van der Waals surface area contributed by atoms with Gasteiger partial charge in [-0.05, 0) is 18.1 Å². The maximum Gasteiger partial charge on any atom is 0.152 e. The smallest absolute Gasteiger partial charge is 0.152 e. The topological polar surface area (TPSA) is 12.5 Å². The van der Waals surface area contributed by atoms with E-state index in [0.29, 0.717) is 0 Å². The lowest BCUT2D eigenvalue weighted by Crippen LogP contribution is -2.20. The van der Waals surface area contributed by atoms with Crippen LogP contribution in [0.5, 0.6) is 0 Å². The van der Waals surface area contributed by atoms with Gasteiger partial charge in [0, 0.05) is 0 Å². The van der Waals surface area contributed by atoms with Crippen LogP contribution in [0.3, 0.4) is 0 Å². The average Bonchev–Trinajstić information content (AvgIpc) is 3.09. The van der Waals surface area contributed by atoms with Crippen molar-refractivity contribution in [2.45, 2.75) is 18.1 Å². The molecule has 0 spiro atoms. The van der Waals surface area contributed by atoms with Crippen molar-refractivity contribution in [1.82, 2.24) is 0 Å². The molecule has 2 aromatic rings. The van der Waals surface area contributed by atoms with Crippen LogP contribution in [0.2, 0.25) is 0 Å². The first kappa shape index (κ1) is 11.2. The van der Waals surface area contributed by atoms with Crippen molar-refractivity contribution in [3.8, 4) is 0 Å². The molecule has 0 radical (unpaired) electrons. The molecule has 3 rings (SSSR count). The molecule has 0 aromatic heterocycles. The Bertz CT molecular complexity index is 519. The van der Waals surface area contributed by atoms with Gasteiger partial charge in [0.05, 0.1) is 0 Å². The highest BCUT2D eigenvalue weighted by atomic mass is 16.6. The van der Waals surface area contributed by atoms with E-state index in [0.717, 1.165) is 0 Å². The van der Waals surface area contributed by atoms with Gasteiger partial charge >= 0.3 is 0 Å². The third kappa shape index (κ3) is 1.37. The molecule has 18 heavy (non-hydrogen) atoms. The minimum Gasteiger partial charge on any atom is -0.348 e. The molecule has 1 atom stereocenters. The van der Waals surface area contributed by atoms with Gasteiger partial charge in [0.2, 0.25) is 0 Å². The molecule has 0 aliphatic carbocycles. The molecular weight excluding hydrogens is 220 g/mol. The first-order chi connectivity index (χ1) is 8.73. The van der Waals surface area contributed by atoms with E-state index in [1.54, 1.807) is 0 Å². The second kappa shape index (κ2) is 3.82. The third-order valence-electron chi connectivity index (χ3n) is 3.77. The fourth-order valence-electron chi connectivity index (χ4n) is 2.68. The second-order valence-corrected chi connectivity index (χ2v) is 4.83. The molecule has 1 saturated heterocycles. The SMILES string of the molecule is C=CC1(C)OC1(c1ccccc1)c1ccccc1. The number of rotatable bonds is 3. The lowest BCUT2D eigenvalue weighted by atomic mass is 9.81. The average molecular weight is 236 g/mol. The van der Waals surface area contributed by atoms with Gasteiger partial charge in [-0.2, -0.15) is 0 Å². The molecule has 1 aliphatic heterocycles. The zero-order valence-electron chi connectivity index (χ0n) is 10.5. The Morgan fingerprint density at radius 2 is 1.33 bits per heavy atom. The Morgan fingerprint density at radius 1 is 0.889 bits per heavy atom. The van der Waals surface area contributed by atoms with Crippen molar-refractivity contribution >= 4 is 0 Å². The predicted molar refractivity (Wildman–Crippen MR) is 73.4 cm³/mol. The fraction of sp³-hybridized carbons (Fsp3) is 0.176. The highest BCUT2D eigenvalue weighted by molar-refractivity contribution is 5.48. The molecule has 1 aliphatic rings. The molecule has 1 fully saturated rings. The van der Waals surface area contributed by atoms with Crippen molar-refractivity contribution in [3.63, 3.8) is 0 Å². The third-order valence-corrected chi connectivity index (χ3v) is 3.77. The van der Waals surface area contributed by atoms with E-state index in [2.05, 4.69) is 37.8 Å². The van der Waals surface area contributed by atoms with Gasteiger partial charge in [0.1, 0.15) is 5.60 Å². The molecule has 0 N–H and O–H groups in total. The van der Waals surface area contributed by atoms with Crippen LogP contribution in [0.4, 0.5) is 0 Å². The number of benzene rings is 2. The van der Waals surface area contributed by atoms with Crippen LogP contribution in [-0.2, 0) is 10.3 Å². The highest BCUT2D eigenvalue weighted by Crippen LogP contribution is 2.60.